The van der Waals surface area contributed by atoms with Crippen molar-refractivity contribution in [1.82, 2.24) is 0 Å². The highest BCUT2D eigenvalue weighted by Gasteiger charge is 1.91. The van der Waals surface area contributed by atoms with Gasteiger partial charge in [0.15, 0.2) is 0 Å². The van der Waals surface area contributed by atoms with Gasteiger partial charge in [-0.15, -0.1) is 0 Å². The average molecular weight is 211 g/mol. The second kappa shape index (κ2) is 17.9. The van der Waals surface area contributed by atoms with Crippen molar-refractivity contribution in [2.24, 2.45) is 0 Å². The first kappa shape index (κ1) is 18.7. The molecule has 0 saturated carbocycles. The SMILES string of the molecule is C=C(CCCC)C(=O)[O-].[N-]=C=O.[N-]=C=O. The molecule has 0 heterocycles. The molecule has 0 aliphatic carbocycles. The van der Waals surface area contributed by atoms with Crippen LogP contribution < -0.4 is 5.11 Å². The normalized spacial score (nSPS) is 6.47. The summed E-state index contributed by atoms with van der Waals surface area (Å²) in [6.45, 7) is 5.33. The van der Waals surface area contributed by atoms with E-state index in [1.54, 1.807) is 0 Å². The zero-order valence-corrected chi connectivity index (χ0v) is 8.36. The molecule has 0 aromatic heterocycles. The van der Waals surface area contributed by atoms with Crippen LogP contribution >= 0.6 is 0 Å². The monoisotopic (exact) mass is 211 g/mol. The number of carboxylic acid groups (broad SMARTS) is 1. The molecule has 15 heavy (non-hydrogen) atoms. The molecule has 0 spiro atoms. The van der Waals surface area contributed by atoms with Gasteiger partial charge in [-0.2, -0.15) is 0 Å². The molecule has 0 aliphatic heterocycles. The maximum Gasteiger partial charge on any atom is 0.0668 e. The first-order chi connectivity index (χ1) is 7.01. The van der Waals surface area contributed by atoms with Gasteiger partial charge in [-0.3, -0.25) is 9.59 Å². The fourth-order valence-corrected chi connectivity index (χ4v) is 0.492. The zero-order chi connectivity index (χ0) is 12.7. The van der Waals surface area contributed by atoms with Gasteiger partial charge >= 0.3 is 0 Å². The molecular weight excluding hydrogens is 200 g/mol. The van der Waals surface area contributed by atoms with E-state index in [1.165, 1.54) is 0 Å². The van der Waals surface area contributed by atoms with Crippen molar-refractivity contribution in [2.45, 2.75) is 26.2 Å². The van der Waals surface area contributed by atoms with Gasteiger partial charge in [0.25, 0.3) is 0 Å². The third kappa shape index (κ3) is 33.4. The summed E-state index contributed by atoms with van der Waals surface area (Å²) in [6, 6.07) is 0. The van der Waals surface area contributed by atoms with E-state index in [0.717, 1.165) is 12.8 Å². The Morgan fingerprint density at radius 3 is 1.87 bits per heavy atom. The van der Waals surface area contributed by atoms with E-state index in [9.17, 15) is 9.90 Å². The van der Waals surface area contributed by atoms with Crippen molar-refractivity contribution in [2.75, 3.05) is 0 Å². The molecular formula is C9H11N2O4-3. The van der Waals surface area contributed by atoms with Crippen LogP contribution in [-0.2, 0) is 14.4 Å². The summed E-state index contributed by atoms with van der Waals surface area (Å²) in [7, 11) is 0. The third-order valence-corrected chi connectivity index (χ3v) is 1.12. The van der Waals surface area contributed by atoms with Gasteiger partial charge in [0.1, 0.15) is 0 Å². The van der Waals surface area contributed by atoms with Crippen LogP contribution in [0.5, 0.6) is 0 Å². The molecule has 0 aliphatic rings. The molecule has 0 fully saturated rings. The predicted octanol–water partition coefficient (Wildman–Crippen LogP) is 0.266. The maximum absolute atomic E-state index is 9.99. The van der Waals surface area contributed by atoms with Crippen LogP contribution in [0.2, 0.25) is 0 Å². The summed E-state index contributed by atoms with van der Waals surface area (Å²) < 4.78 is 0. The zero-order valence-electron chi connectivity index (χ0n) is 8.36. The molecule has 84 valence electrons. The Morgan fingerprint density at radius 1 is 1.33 bits per heavy atom. The van der Waals surface area contributed by atoms with Crippen molar-refractivity contribution in [3.8, 4) is 0 Å². The van der Waals surface area contributed by atoms with E-state index in [0.29, 0.717) is 18.6 Å². The highest BCUT2D eigenvalue weighted by atomic mass is 16.4. The number of hydrogen-bond donors (Lipinski definition) is 0. The Labute approximate surface area is 87.6 Å². The van der Waals surface area contributed by atoms with Crippen LogP contribution in [0.4, 0.5) is 0 Å². The molecule has 0 aromatic carbocycles. The summed E-state index contributed by atoms with van der Waals surface area (Å²) in [6.07, 6.45) is 3.43. The second-order valence-corrected chi connectivity index (χ2v) is 2.18. The van der Waals surface area contributed by atoms with Crippen molar-refractivity contribution in [3.63, 3.8) is 0 Å². The Kier molecular flexibility index (Phi) is 22.3. The van der Waals surface area contributed by atoms with Gasteiger partial charge in [-0.25, -0.2) is 0 Å². The molecule has 0 N–H and O–H groups in total. The second-order valence-electron chi connectivity index (χ2n) is 2.18. The smallest absolute Gasteiger partial charge is 0.0668 e. The number of carbonyl (C=O) groups is 1. The summed E-state index contributed by atoms with van der Waals surface area (Å²) >= 11 is 0. The molecule has 0 amide bonds. The Balaban J connectivity index is -0.000000200. The molecule has 0 bridgehead atoms. The van der Waals surface area contributed by atoms with Crippen molar-refractivity contribution >= 4 is 18.1 Å². The number of hydrogen-bond acceptors (Lipinski definition) is 4. The minimum absolute atomic E-state index is 0.205. The van der Waals surface area contributed by atoms with Crippen molar-refractivity contribution in [3.05, 3.63) is 23.0 Å². The summed E-state index contributed by atoms with van der Waals surface area (Å²) in [5.41, 5.74) is 0.205. The lowest BCUT2D eigenvalue weighted by Gasteiger charge is -2.03. The molecule has 0 saturated heterocycles. The fourth-order valence-electron chi connectivity index (χ4n) is 0.492. The van der Waals surface area contributed by atoms with E-state index >= 15 is 0 Å². The van der Waals surface area contributed by atoms with Gasteiger partial charge in [-0.1, -0.05) is 19.9 Å². The first-order valence-electron chi connectivity index (χ1n) is 3.93. The highest BCUT2D eigenvalue weighted by Crippen LogP contribution is 2.02. The third-order valence-electron chi connectivity index (χ3n) is 1.12. The molecule has 6 heteroatoms. The van der Waals surface area contributed by atoms with Gasteiger partial charge in [0.2, 0.25) is 0 Å². The molecule has 0 aromatic rings. The number of nitrogens with zero attached hydrogens (tertiary/aromatic N) is 2. The quantitative estimate of drug-likeness (QED) is 0.376. The van der Waals surface area contributed by atoms with Gasteiger partial charge < -0.3 is 20.7 Å². The van der Waals surface area contributed by atoms with Crippen LogP contribution in [0, 0.1) is 0 Å². The number of rotatable bonds is 4. The van der Waals surface area contributed by atoms with Crippen molar-refractivity contribution in [1.29, 1.82) is 0 Å². The van der Waals surface area contributed by atoms with Crippen LogP contribution in [0.3, 0.4) is 0 Å². The first-order valence-corrected chi connectivity index (χ1v) is 3.93. The minimum atomic E-state index is -1.12. The highest BCUT2D eigenvalue weighted by molar-refractivity contribution is 5.83. The minimum Gasteiger partial charge on any atom is -0.724 e. The number of isocyanates is 2. The molecule has 6 nitrogen and oxygen atoms in total. The Bertz CT molecular complexity index is 237. The average Bonchev–Trinajstić information content (AvgIpc) is 2.16. The van der Waals surface area contributed by atoms with Crippen LogP contribution in [0.25, 0.3) is 10.8 Å². The standard InChI is InChI=1S/C7H12O2.2CNO/c1-3-4-5-6(2)7(8)9;2*2-1-3/h2-5H2,1H3,(H,8,9);;/q;2*-1/p-1. The lowest BCUT2D eigenvalue weighted by molar-refractivity contribution is -0.299. The van der Waals surface area contributed by atoms with Gasteiger partial charge in [0.05, 0.1) is 5.97 Å². The summed E-state index contributed by atoms with van der Waals surface area (Å²) in [5.74, 6) is -1.12. The largest absolute Gasteiger partial charge is 0.724 e. The molecule has 0 atom stereocenters. The van der Waals surface area contributed by atoms with Crippen molar-refractivity contribution < 1.29 is 19.5 Å². The van der Waals surface area contributed by atoms with E-state index in [1.807, 2.05) is 6.92 Å². The lowest BCUT2D eigenvalue weighted by atomic mass is 10.1. The number of aliphatic carboxylic acids is 1. The molecule has 0 radical (unpaired) electrons. The Hall–Kier alpha value is -2.03. The van der Waals surface area contributed by atoms with Crippen LogP contribution in [0.15, 0.2) is 12.2 Å². The van der Waals surface area contributed by atoms with Gasteiger partial charge in [-0.05, 0) is 30.6 Å². The van der Waals surface area contributed by atoms with Gasteiger partial charge in [0, 0.05) is 0 Å². The molecule has 0 unspecified atom stereocenters. The fraction of sp³-hybridized carbons (Fsp3) is 0.444. The maximum atomic E-state index is 9.99. The van der Waals surface area contributed by atoms with E-state index in [-0.39, 0.29) is 5.57 Å². The van der Waals surface area contributed by atoms with E-state index < -0.39 is 5.97 Å². The number of unbranched alkanes of at least 4 members (excludes halogenated alkanes) is 1. The van der Waals surface area contributed by atoms with E-state index in [2.05, 4.69) is 6.58 Å². The molecule has 0 rings (SSSR count). The summed E-state index contributed by atoms with van der Waals surface area (Å²) in [4.78, 5) is 26.5. The van der Waals surface area contributed by atoms with Crippen LogP contribution in [0.1, 0.15) is 26.2 Å². The lowest BCUT2D eigenvalue weighted by Crippen LogP contribution is -2.23. The number of carboxylic acids is 1. The van der Waals surface area contributed by atoms with E-state index in [4.69, 9.17) is 20.4 Å². The number of carbonyl (C=O) groups excluding carboxylic acids is 3. The Morgan fingerprint density at radius 2 is 1.67 bits per heavy atom. The predicted molar refractivity (Wildman–Crippen MR) is 51.8 cm³/mol. The topological polar surface area (TPSA) is 119 Å². The summed E-state index contributed by atoms with van der Waals surface area (Å²) in [5, 5.41) is 23.5. The van der Waals surface area contributed by atoms with Crippen LogP contribution in [-0.4, -0.2) is 18.1 Å².